The van der Waals surface area contributed by atoms with Gasteiger partial charge in [0.25, 0.3) is 5.91 Å². The van der Waals surface area contributed by atoms with Crippen molar-refractivity contribution >= 4 is 40.4 Å². The van der Waals surface area contributed by atoms with Crippen LogP contribution in [0, 0.1) is 5.92 Å². The van der Waals surface area contributed by atoms with Gasteiger partial charge in [-0.15, -0.1) is 11.3 Å². The number of nitrogens with zero attached hydrogens (tertiary/aromatic N) is 2. The number of nitrogens with one attached hydrogen (secondary N) is 1. The predicted molar refractivity (Wildman–Crippen MR) is 98.1 cm³/mol. The third kappa shape index (κ3) is 3.41. The number of anilines is 1. The Kier molecular flexibility index (Phi) is 4.48. The Balaban J connectivity index is 1.58. The van der Waals surface area contributed by atoms with Crippen molar-refractivity contribution in [2.75, 3.05) is 11.4 Å². The molecule has 7 heteroatoms. The van der Waals surface area contributed by atoms with Crippen LogP contribution in [0.3, 0.4) is 0 Å². The topological polar surface area (TPSA) is 62.3 Å². The van der Waals surface area contributed by atoms with Crippen molar-refractivity contribution in [2.24, 2.45) is 5.92 Å². The zero-order valence-corrected chi connectivity index (χ0v) is 15.1. The molecule has 0 radical (unpaired) electrons. The predicted octanol–water partition coefficient (Wildman–Crippen LogP) is 3.80. The molecule has 1 aliphatic carbocycles. The van der Waals surface area contributed by atoms with Crippen LogP contribution in [0.5, 0.6) is 0 Å². The Morgan fingerprint density at radius 3 is 2.88 bits per heavy atom. The van der Waals surface area contributed by atoms with E-state index in [1.807, 2.05) is 5.38 Å². The van der Waals surface area contributed by atoms with Gasteiger partial charge >= 0.3 is 0 Å². The molecular formula is C18H18ClN3O2S. The number of hydrogen-bond acceptors (Lipinski definition) is 4. The quantitative estimate of drug-likeness (QED) is 0.864. The summed E-state index contributed by atoms with van der Waals surface area (Å²) in [5, 5.41) is 6.33. The fourth-order valence-corrected chi connectivity index (χ4v) is 4.18. The van der Waals surface area contributed by atoms with Gasteiger partial charge in [-0.05, 0) is 43.4 Å². The molecule has 5 nitrogen and oxygen atoms in total. The Labute approximate surface area is 155 Å². The minimum atomic E-state index is -0.217. The molecule has 0 unspecified atom stereocenters. The number of benzene rings is 1. The number of amides is 2. The fourth-order valence-electron chi connectivity index (χ4n) is 3.19. The summed E-state index contributed by atoms with van der Waals surface area (Å²) in [5.41, 5.74) is 1.13. The molecular weight excluding hydrogens is 358 g/mol. The Morgan fingerprint density at radius 2 is 2.24 bits per heavy atom. The van der Waals surface area contributed by atoms with Crippen LogP contribution in [-0.4, -0.2) is 23.3 Å². The molecule has 2 aromatic rings. The lowest BCUT2D eigenvalue weighted by Crippen LogP contribution is -2.30. The zero-order chi connectivity index (χ0) is 17.4. The van der Waals surface area contributed by atoms with E-state index in [1.54, 1.807) is 40.6 Å². The monoisotopic (exact) mass is 375 g/mol. The average Bonchev–Trinajstić information content (AvgIpc) is 3.12. The van der Waals surface area contributed by atoms with Crippen LogP contribution < -0.4 is 10.2 Å². The normalized spacial score (nSPS) is 18.4. The van der Waals surface area contributed by atoms with Gasteiger partial charge in [0, 0.05) is 30.2 Å². The zero-order valence-electron chi connectivity index (χ0n) is 13.6. The number of carbonyl (C=O) groups excluding carboxylic acids is 2. The van der Waals surface area contributed by atoms with Crippen molar-refractivity contribution in [1.29, 1.82) is 0 Å². The standard InChI is InChI=1S/C18H18ClN3O2S/c19-14-6-5-12(22-8-1-2-15(22)23)10-13(14)17(24)21-16(11-3-4-11)18-20-7-9-25-18/h5-7,9-11,16H,1-4,8H2,(H,21,24)/t16-/m1/s1. The molecule has 130 valence electrons. The van der Waals surface area contributed by atoms with E-state index in [1.165, 1.54) is 0 Å². The molecule has 1 aliphatic heterocycles. The molecule has 1 aromatic heterocycles. The van der Waals surface area contributed by atoms with Crippen LogP contribution in [0.15, 0.2) is 29.8 Å². The summed E-state index contributed by atoms with van der Waals surface area (Å²) in [6.45, 7) is 0.686. The first kappa shape index (κ1) is 16.5. The molecule has 25 heavy (non-hydrogen) atoms. The number of hydrogen-bond donors (Lipinski definition) is 1. The molecule has 1 aromatic carbocycles. The van der Waals surface area contributed by atoms with Gasteiger partial charge in [-0.2, -0.15) is 0 Å². The smallest absolute Gasteiger partial charge is 0.253 e. The van der Waals surface area contributed by atoms with Gasteiger partial charge < -0.3 is 10.2 Å². The van der Waals surface area contributed by atoms with E-state index < -0.39 is 0 Å². The van der Waals surface area contributed by atoms with Crippen molar-refractivity contribution in [2.45, 2.75) is 31.7 Å². The lowest BCUT2D eigenvalue weighted by molar-refractivity contribution is -0.117. The molecule has 1 saturated heterocycles. The first-order valence-electron chi connectivity index (χ1n) is 8.43. The van der Waals surface area contributed by atoms with Gasteiger partial charge in [0.15, 0.2) is 0 Å². The van der Waals surface area contributed by atoms with Gasteiger partial charge in [0.05, 0.1) is 16.6 Å². The van der Waals surface area contributed by atoms with Crippen LogP contribution in [-0.2, 0) is 4.79 Å². The lowest BCUT2D eigenvalue weighted by Gasteiger charge is -2.19. The minimum absolute atomic E-state index is 0.0689. The van der Waals surface area contributed by atoms with Gasteiger partial charge in [-0.25, -0.2) is 4.98 Å². The van der Waals surface area contributed by atoms with Gasteiger partial charge in [0.1, 0.15) is 5.01 Å². The van der Waals surface area contributed by atoms with Crippen LogP contribution >= 0.6 is 22.9 Å². The van der Waals surface area contributed by atoms with Crippen molar-refractivity contribution in [3.05, 3.63) is 45.4 Å². The van der Waals surface area contributed by atoms with E-state index in [9.17, 15) is 9.59 Å². The van der Waals surface area contributed by atoms with Gasteiger partial charge in [-0.3, -0.25) is 9.59 Å². The highest BCUT2D eigenvalue weighted by Gasteiger charge is 2.35. The molecule has 1 N–H and O–H groups in total. The van der Waals surface area contributed by atoms with Crippen LogP contribution in [0.2, 0.25) is 5.02 Å². The van der Waals surface area contributed by atoms with E-state index in [-0.39, 0.29) is 17.9 Å². The van der Waals surface area contributed by atoms with Crippen LogP contribution in [0.4, 0.5) is 5.69 Å². The van der Waals surface area contributed by atoms with Gasteiger partial charge in [-0.1, -0.05) is 11.6 Å². The molecule has 2 heterocycles. The van der Waals surface area contributed by atoms with Crippen LogP contribution in [0.25, 0.3) is 0 Å². The number of halogens is 1. The molecule has 2 aliphatic rings. The molecule has 1 atom stereocenters. The first-order valence-corrected chi connectivity index (χ1v) is 9.69. The molecule has 0 spiro atoms. The summed E-state index contributed by atoms with van der Waals surface area (Å²) in [5.74, 6) is 0.315. The third-order valence-corrected chi connectivity index (χ3v) is 5.87. The van der Waals surface area contributed by atoms with E-state index >= 15 is 0 Å². The average molecular weight is 376 g/mol. The second kappa shape index (κ2) is 6.77. The number of carbonyl (C=O) groups is 2. The first-order chi connectivity index (χ1) is 12.1. The summed E-state index contributed by atoms with van der Waals surface area (Å²) in [4.78, 5) is 30.9. The minimum Gasteiger partial charge on any atom is -0.342 e. The summed E-state index contributed by atoms with van der Waals surface area (Å²) in [7, 11) is 0. The highest BCUT2D eigenvalue weighted by atomic mass is 35.5. The maximum atomic E-state index is 12.8. The van der Waals surface area contributed by atoms with Crippen LogP contribution in [0.1, 0.15) is 47.1 Å². The van der Waals surface area contributed by atoms with Crippen molar-refractivity contribution < 1.29 is 9.59 Å². The second-order valence-corrected chi connectivity index (χ2v) is 7.81. The number of rotatable bonds is 5. The second-order valence-electron chi connectivity index (χ2n) is 6.47. The largest absolute Gasteiger partial charge is 0.342 e. The maximum Gasteiger partial charge on any atom is 0.253 e. The van der Waals surface area contributed by atoms with E-state index in [0.717, 1.165) is 30.0 Å². The van der Waals surface area contributed by atoms with Gasteiger partial charge in [0.2, 0.25) is 5.91 Å². The van der Waals surface area contributed by atoms with E-state index in [2.05, 4.69) is 10.3 Å². The SMILES string of the molecule is O=C(N[C@@H](c1nccs1)C1CC1)c1cc(N2CCCC2=O)ccc1Cl. The summed E-state index contributed by atoms with van der Waals surface area (Å²) in [6, 6.07) is 5.13. The van der Waals surface area contributed by atoms with Crippen molar-refractivity contribution in [3.63, 3.8) is 0 Å². The maximum absolute atomic E-state index is 12.8. The highest BCUT2D eigenvalue weighted by Crippen LogP contribution is 2.42. The lowest BCUT2D eigenvalue weighted by atomic mass is 10.1. The van der Waals surface area contributed by atoms with E-state index in [0.29, 0.717) is 29.5 Å². The van der Waals surface area contributed by atoms with Crippen molar-refractivity contribution in [3.8, 4) is 0 Å². The Morgan fingerprint density at radius 1 is 1.40 bits per heavy atom. The van der Waals surface area contributed by atoms with Crippen molar-refractivity contribution in [1.82, 2.24) is 10.3 Å². The number of thiazole rings is 1. The summed E-state index contributed by atoms with van der Waals surface area (Å²) in [6.07, 6.45) is 5.35. The fraction of sp³-hybridized carbons (Fsp3) is 0.389. The number of aromatic nitrogens is 1. The third-order valence-electron chi connectivity index (χ3n) is 4.68. The summed E-state index contributed by atoms with van der Waals surface area (Å²) >= 11 is 7.81. The molecule has 1 saturated carbocycles. The Bertz CT molecular complexity index is 805. The summed E-state index contributed by atoms with van der Waals surface area (Å²) < 4.78 is 0. The molecule has 2 fully saturated rings. The molecule has 4 rings (SSSR count). The highest BCUT2D eigenvalue weighted by molar-refractivity contribution is 7.09. The molecule has 0 bridgehead atoms. The van der Waals surface area contributed by atoms with E-state index in [4.69, 9.17) is 11.6 Å². The molecule has 2 amide bonds. The Hall–Kier alpha value is -1.92.